The van der Waals surface area contributed by atoms with Crippen LogP contribution in [-0.4, -0.2) is 0 Å². The third-order valence-corrected chi connectivity index (χ3v) is 3.14. The summed E-state index contributed by atoms with van der Waals surface area (Å²) < 4.78 is 51.4. The molecule has 0 aliphatic heterocycles. The first-order valence-electron chi connectivity index (χ1n) is 5.99. The first kappa shape index (κ1) is 14.5. The van der Waals surface area contributed by atoms with Crippen molar-refractivity contribution in [3.63, 3.8) is 0 Å². The lowest BCUT2D eigenvalue weighted by Crippen LogP contribution is -2.05. The summed E-state index contributed by atoms with van der Waals surface area (Å²) in [4.78, 5) is 0. The molecule has 0 aliphatic carbocycles. The van der Waals surface area contributed by atoms with E-state index in [4.69, 9.17) is 5.73 Å². The maximum Gasteiger partial charge on any atom is 0.416 e. The molecule has 0 heterocycles. The standard InChI is InChI=1S/C15H13F4N/c1-9-6-12(15(17,18)19)4-5-13(9)10-2-3-11(8-20)14(16)7-10/h2-7H,8,20H2,1H3. The minimum absolute atomic E-state index is 0.0815. The van der Waals surface area contributed by atoms with E-state index in [2.05, 4.69) is 0 Å². The third-order valence-electron chi connectivity index (χ3n) is 3.14. The first-order valence-corrected chi connectivity index (χ1v) is 5.99. The van der Waals surface area contributed by atoms with Gasteiger partial charge in [-0.25, -0.2) is 4.39 Å². The van der Waals surface area contributed by atoms with E-state index in [9.17, 15) is 17.6 Å². The van der Waals surface area contributed by atoms with Gasteiger partial charge in [0.05, 0.1) is 5.56 Å². The van der Waals surface area contributed by atoms with E-state index in [0.717, 1.165) is 12.1 Å². The third kappa shape index (κ3) is 2.82. The highest BCUT2D eigenvalue weighted by Gasteiger charge is 2.30. The Kier molecular flexibility index (Phi) is 3.81. The maximum atomic E-state index is 13.7. The summed E-state index contributed by atoms with van der Waals surface area (Å²) in [6, 6.07) is 7.90. The molecule has 5 heteroatoms. The SMILES string of the molecule is Cc1cc(C(F)(F)F)ccc1-c1ccc(CN)c(F)c1. The predicted octanol–water partition coefficient (Wildman–Crippen LogP) is 4.28. The van der Waals surface area contributed by atoms with Crippen molar-refractivity contribution in [2.75, 3.05) is 0 Å². The van der Waals surface area contributed by atoms with Crippen molar-refractivity contribution < 1.29 is 17.6 Å². The Morgan fingerprint density at radius 3 is 2.25 bits per heavy atom. The minimum Gasteiger partial charge on any atom is -0.326 e. The van der Waals surface area contributed by atoms with E-state index < -0.39 is 17.6 Å². The molecule has 20 heavy (non-hydrogen) atoms. The van der Waals surface area contributed by atoms with Crippen molar-refractivity contribution in [2.24, 2.45) is 5.73 Å². The molecule has 2 N–H and O–H groups in total. The number of benzene rings is 2. The predicted molar refractivity (Wildman–Crippen MR) is 69.5 cm³/mol. The van der Waals surface area contributed by atoms with Gasteiger partial charge in [0.15, 0.2) is 0 Å². The van der Waals surface area contributed by atoms with Crippen LogP contribution < -0.4 is 5.73 Å². The fourth-order valence-electron chi connectivity index (χ4n) is 2.04. The Morgan fingerprint density at radius 1 is 1.05 bits per heavy atom. The Bertz CT molecular complexity index is 632. The van der Waals surface area contributed by atoms with E-state index in [1.54, 1.807) is 19.1 Å². The molecule has 2 aromatic rings. The van der Waals surface area contributed by atoms with Gasteiger partial charge >= 0.3 is 6.18 Å². The van der Waals surface area contributed by atoms with E-state index >= 15 is 0 Å². The minimum atomic E-state index is -4.38. The van der Waals surface area contributed by atoms with Crippen LogP contribution in [0.1, 0.15) is 16.7 Å². The van der Waals surface area contributed by atoms with Gasteiger partial charge < -0.3 is 5.73 Å². The molecule has 2 aromatic carbocycles. The molecule has 0 aromatic heterocycles. The molecule has 0 fully saturated rings. The lowest BCUT2D eigenvalue weighted by atomic mass is 9.97. The molecule has 2 rings (SSSR count). The fraction of sp³-hybridized carbons (Fsp3) is 0.200. The molecule has 1 nitrogen and oxygen atoms in total. The van der Waals surface area contributed by atoms with E-state index in [1.165, 1.54) is 12.1 Å². The van der Waals surface area contributed by atoms with Crippen molar-refractivity contribution in [1.29, 1.82) is 0 Å². The van der Waals surface area contributed by atoms with Gasteiger partial charge in [-0.15, -0.1) is 0 Å². The van der Waals surface area contributed by atoms with Gasteiger partial charge in [-0.1, -0.05) is 18.2 Å². The van der Waals surface area contributed by atoms with Crippen molar-refractivity contribution in [1.82, 2.24) is 0 Å². The molecular formula is C15H13F4N. The Hall–Kier alpha value is -1.88. The number of nitrogens with two attached hydrogens (primary N) is 1. The zero-order valence-corrected chi connectivity index (χ0v) is 10.8. The fourth-order valence-corrected chi connectivity index (χ4v) is 2.04. The van der Waals surface area contributed by atoms with Crippen molar-refractivity contribution in [3.8, 4) is 11.1 Å². The number of alkyl halides is 3. The van der Waals surface area contributed by atoms with Crippen LogP contribution in [0.15, 0.2) is 36.4 Å². The molecule has 0 unspecified atom stereocenters. The normalized spacial score (nSPS) is 11.7. The van der Waals surface area contributed by atoms with Gasteiger partial charge in [-0.05, 0) is 41.8 Å². The number of halogens is 4. The largest absolute Gasteiger partial charge is 0.416 e. The highest BCUT2D eigenvalue weighted by Crippen LogP contribution is 2.33. The number of rotatable bonds is 2. The van der Waals surface area contributed by atoms with Crippen molar-refractivity contribution >= 4 is 0 Å². The number of hydrogen-bond acceptors (Lipinski definition) is 1. The van der Waals surface area contributed by atoms with Crippen LogP contribution in [0.4, 0.5) is 17.6 Å². The van der Waals surface area contributed by atoms with Crippen molar-refractivity contribution in [2.45, 2.75) is 19.6 Å². The van der Waals surface area contributed by atoms with Crippen LogP contribution >= 0.6 is 0 Å². The lowest BCUT2D eigenvalue weighted by molar-refractivity contribution is -0.137. The number of hydrogen-bond donors (Lipinski definition) is 1. The molecule has 106 valence electrons. The van der Waals surface area contributed by atoms with Crippen LogP contribution in [0.5, 0.6) is 0 Å². The average Bonchev–Trinajstić information content (AvgIpc) is 2.37. The van der Waals surface area contributed by atoms with Gasteiger partial charge in [0.1, 0.15) is 5.82 Å². The highest BCUT2D eigenvalue weighted by atomic mass is 19.4. The molecule has 0 saturated heterocycles. The summed E-state index contributed by atoms with van der Waals surface area (Å²) >= 11 is 0. The molecular weight excluding hydrogens is 270 g/mol. The second-order valence-electron chi connectivity index (χ2n) is 4.54. The topological polar surface area (TPSA) is 26.0 Å². The Labute approximate surface area is 114 Å². The van der Waals surface area contributed by atoms with E-state index in [-0.39, 0.29) is 6.54 Å². The van der Waals surface area contributed by atoms with Crippen LogP contribution in [0.25, 0.3) is 11.1 Å². The highest BCUT2D eigenvalue weighted by molar-refractivity contribution is 5.68. The van der Waals surface area contributed by atoms with Crippen LogP contribution in [0.3, 0.4) is 0 Å². The zero-order valence-electron chi connectivity index (χ0n) is 10.8. The Morgan fingerprint density at radius 2 is 1.75 bits per heavy atom. The Balaban J connectivity index is 2.46. The quantitative estimate of drug-likeness (QED) is 0.818. The summed E-state index contributed by atoms with van der Waals surface area (Å²) in [5.74, 6) is -0.454. The molecule has 0 atom stereocenters. The average molecular weight is 283 g/mol. The van der Waals surface area contributed by atoms with Gasteiger partial charge in [0.2, 0.25) is 0 Å². The summed E-state index contributed by atoms with van der Waals surface area (Å²) in [7, 11) is 0. The van der Waals surface area contributed by atoms with Crippen LogP contribution in [-0.2, 0) is 12.7 Å². The smallest absolute Gasteiger partial charge is 0.326 e. The molecule has 0 aliphatic rings. The van der Waals surface area contributed by atoms with Gasteiger partial charge in [-0.3, -0.25) is 0 Å². The second kappa shape index (κ2) is 5.25. The summed E-state index contributed by atoms with van der Waals surface area (Å²) in [5, 5.41) is 0. The maximum absolute atomic E-state index is 13.7. The van der Waals surface area contributed by atoms with Gasteiger partial charge in [0.25, 0.3) is 0 Å². The van der Waals surface area contributed by atoms with Crippen LogP contribution in [0, 0.1) is 12.7 Å². The summed E-state index contributed by atoms with van der Waals surface area (Å²) in [6.45, 7) is 1.65. The monoisotopic (exact) mass is 283 g/mol. The van der Waals surface area contributed by atoms with E-state index in [1.807, 2.05) is 0 Å². The summed E-state index contributed by atoms with van der Waals surface area (Å²) in [6.07, 6.45) is -4.38. The van der Waals surface area contributed by atoms with Gasteiger partial charge in [-0.2, -0.15) is 13.2 Å². The summed E-state index contributed by atoms with van der Waals surface area (Å²) in [5.41, 5.74) is 6.58. The van der Waals surface area contributed by atoms with Gasteiger partial charge in [0, 0.05) is 12.1 Å². The zero-order chi connectivity index (χ0) is 14.9. The van der Waals surface area contributed by atoms with E-state index in [0.29, 0.717) is 22.3 Å². The molecule has 0 amide bonds. The molecule has 0 spiro atoms. The lowest BCUT2D eigenvalue weighted by Gasteiger charge is -2.12. The second-order valence-corrected chi connectivity index (χ2v) is 4.54. The molecule has 0 bridgehead atoms. The molecule has 0 saturated carbocycles. The first-order chi connectivity index (χ1) is 9.32. The van der Waals surface area contributed by atoms with Crippen LogP contribution in [0.2, 0.25) is 0 Å². The molecule has 0 radical (unpaired) electrons. The van der Waals surface area contributed by atoms with Crippen molar-refractivity contribution in [3.05, 3.63) is 58.9 Å². The number of aryl methyl sites for hydroxylation is 1.